The number of carbonyl (C=O) groups is 8. The highest BCUT2D eigenvalue weighted by Crippen LogP contribution is 2.33. The standard InChI is InChI=1S/C31H42N6O2.C28H42N8O2.C28H46N6O2.C23H32FN7O2/c32-27-13-7-4-8-14-28-26(22-35-31(36-28)34-18-10-2-1-9-17-33-30(27)39)29(38)21-24-15-19-37(20-16-24)23-25-11-5-3-6-12-25;29-24-11-8-16-30-25-23(19-33-28(35-25)32-15-7-2-1-6-14-31-27(24)38)26(37)34-22-12-17-36(18-13-22)20-21-9-4-3-5-10-21;29-24-8-4-3-5-9-25-23(26(35)18-21-12-16-34(17-13-21)20-22-10-11-22)19-32-28(33-25)31-15-7-2-1-6-14-30-27(24)36;24-17-9-7-16(8-10-17)14-29-21(32)18-15-30-23-28-12-4-2-1-3-11-27-22(33)19(25)6-5-13-26-20(18)31-23/h1-3,5-6,9-12,22,24,27H,4,7-8,13-21,23,32H2,(H,33,39)(H,34,35,36);3-5,9-10,19,22,24H,1-2,6-8,11-18,20,29H2,(H,31,38)(H,34,37)(H2,30,32,33,35);19,21-22,24H,1-18,20,29H2,(H,30,36)(H,31,32,33);7-10,15,19H,1-6,11-14,25H2,(H,27,33)(H,29,32)(H2,26,28,30,31)/b9-1-,10-2-;;;/t27-;2*24-;19-/m0111/s1. The third-order valence-electron chi connectivity index (χ3n) is 28.2. The van der Waals surface area contributed by atoms with Gasteiger partial charge in [0.25, 0.3) is 11.8 Å². The summed E-state index contributed by atoms with van der Waals surface area (Å²) in [5, 5.41) is 37.2. The number of hydrogen-bond acceptors (Lipinski definition) is 29. The first-order chi connectivity index (χ1) is 71.3. The molecule has 0 spiro atoms. The van der Waals surface area contributed by atoms with Gasteiger partial charge in [-0.25, -0.2) is 34.3 Å². The van der Waals surface area contributed by atoms with Crippen LogP contribution in [0.1, 0.15) is 288 Å². The number of halogens is 1. The number of aryl methyl sites for hydroxylation is 2. The van der Waals surface area contributed by atoms with Gasteiger partial charge >= 0.3 is 0 Å². The number of piperidine rings is 3. The number of amides is 6. The van der Waals surface area contributed by atoms with Gasteiger partial charge in [0.05, 0.1) is 46.7 Å². The molecule has 4 fully saturated rings. The molecule has 36 heteroatoms. The summed E-state index contributed by atoms with van der Waals surface area (Å²) in [5.74, 6) is 3.94. The summed E-state index contributed by atoms with van der Waals surface area (Å²) in [5.41, 5.74) is 31.4. The minimum atomic E-state index is -0.566. The van der Waals surface area contributed by atoms with Gasteiger partial charge in [0.1, 0.15) is 28.6 Å². The maximum Gasteiger partial charge on any atom is 0.256 e. The van der Waals surface area contributed by atoms with Crippen molar-refractivity contribution in [2.45, 2.75) is 281 Å². The number of benzene rings is 3. The number of fused-ring (bicyclic) bond motifs is 8. The van der Waals surface area contributed by atoms with Gasteiger partial charge in [-0.3, -0.25) is 48.2 Å². The lowest BCUT2D eigenvalue weighted by Crippen LogP contribution is -2.44. The van der Waals surface area contributed by atoms with E-state index in [0.29, 0.717) is 180 Å². The van der Waals surface area contributed by atoms with E-state index in [9.17, 15) is 42.7 Å². The van der Waals surface area contributed by atoms with Crippen LogP contribution >= 0.6 is 0 Å². The number of nitrogens with two attached hydrogens (primary N) is 4. The maximum absolute atomic E-state index is 13.4. The van der Waals surface area contributed by atoms with Gasteiger partial charge in [0.2, 0.25) is 47.4 Å². The van der Waals surface area contributed by atoms with Crippen molar-refractivity contribution in [3.8, 4) is 0 Å². The van der Waals surface area contributed by atoms with Crippen molar-refractivity contribution < 1.29 is 42.7 Å². The van der Waals surface area contributed by atoms with Crippen LogP contribution in [0, 0.1) is 23.6 Å². The normalized spacial score (nSPS) is 21.4. The Kier molecular flexibility index (Phi) is 49.1. The number of nitrogens with one attached hydrogen (secondary N) is 12. The summed E-state index contributed by atoms with van der Waals surface area (Å²) >= 11 is 0. The molecule has 1 aliphatic carbocycles. The Balaban J connectivity index is 0.000000173. The number of rotatable bonds is 17. The zero-order chi connectivity index (χ0) is 103. The van der Waals surface area contributed by atoms with E-state index in [4.69, 9.17) is 32.9 Å². The van der Waals surface area contributed by atoms with E-state index in [1.54, 1.807) is 30.7 Å². The van der Waals surface area contributed by atoms with Crippen LogP contribution in [0.5, 0.6) is 0 Å². The number of carbonyl (C=O) groups excluding carboxylic acids is 8. The lowest BCUT2D eigenvalue weighted by atomic mass is 9.89. The third kappa shape index (κ3) is 41.4. The highest BCUT2D eigenvalue weighted by molar-refractivity contribution is 6.00. The van der Waals surface area contributed by atoms with Crippen LogP contribution in [0.25, 0.3) is 0 Å². The van der Waals surface area contributed by atoms with E-state index >= 15 is 0 Å². The first-order valence-electron chi connectivity index (χ1n) is 54.3. The van der Waals surface area contributed by atoms with E-state index in [-0.39, 0.29) is 65.4 Å². The molecule has 15 rings (SSSR count). The first-order valence-corrected chi connectivity index (χ1v) is 54.3. The van der Waals surface area contributed by atoms with Crippen LogP contribution < -0.4 is 86.7 Å². The largest absolute Gasteiger partial charge is 0.369 e. The van der Waals surface area contributed by atoms with Crippen molar-refractivity contribution in [2.75, 3.05) is 143 Å². The van der Waals surface area contributed by atoms with E-state index in [1.807, 2.05) is 36.4 Å². The predicted octanol–water partition coefficient (Wildman–Crippen LogP) is 12.4. The van der Waals surface area contributed by atoms with Gasteiger partial charge < -0.3 is 91.6 Å². The molecule has 4 atom stereocenters. The van der Waals surface area contributed by atoms with Crippen LogP contribution in [0.15, 0.2) is 134 Å². The summed E-state index contributed by atoms with van der Waals surface area (Å²) in [7, 11) is 0. The quantitative estimate of drug-likeness (QED) is 0.0377. The van der Waals surface area contributed by atoms with Gasteiger partial charge in [-0.2, -0.15) is 9.97 Å². The van der Waals surface area contributed by atoms with Gasteiger partial charge in [-0.05, 0) is 227 Å². The molecule has 6 amide bonds. The van der Waals surface area contributed by atoms with Crippen molar-refractivity contribution in [3.05, 3.63) is 190 Å². The van der Waals surface area contributed by atoms with Gasteiger partial charge in [0.15, 0.2) is 11.6 Å². The molecule has 8 aliphatic rings. The van der Waals surface area contributed by atoms with E-state index in [1.165, 1.54) is 48.8 Å². The minimum Gasteiger partial charge on any atom is -0.369 e. The van der Waals surface area contributed by atoms with Crippen LogP contribution in [-0.4, -0.2) is 243 Å². The monoisotopic (exact) mass is 2010 g/mol. The zero-order valence-corrected chi connectivity index (χ0v) is 85.8. The number of likely N-dealkylation sites (tertiary alicyclic amines) is 3. The Morgan fingerprint density at radius 3 is 1.14 bits per heavy atom. The van der Waals surface area contributed by atoms with Gasteiger partial charge in [-0.1, -0.05) is 161 Å². The molecule has 8 bridgehead atoms. The van der Waals surface area contributed by atoms with E-state index in [2.05, 4.69) is 157 Å². The van der Waals surface area contributed by atoms with Crippen molar-refractivity contribution in [1.82, 2.24) is 86.5 Å². The Labute approximate surface area is 862 Å². The molecule has 1 saturated carbocycles. The molecule has 3 saturated heterocycles. The number of aromatic nitrogens is 8. The fourth-order valence-electron chi connectivity index (χ4n) is 19.0. The Morgan fingerprint density at radius 2 is 0.705 bits per heavy atom. The van der Waals surface area contributed by atoms with Gasteiger partial charge in [0, 0.05) is 148 Å². The zero-order valence-electron chi connectivity index (χ0n) is 85.8. The van der Waals surface area contributed by atoms with Crippen molar-refractivity contribution in [3.63, 3.8) is 0 Å². The molecular formula is C110H162FN27O8. The smallest absolute Gasteiger partial charge is 0.256 e. The number of allylic oxidation sites excluding steroid dienone is 2. The molecule has 146 heavy (non-hydrogen) atoms. The van der Waals surface area contributed by atoms with Crippen LogP contribution in [0.4, 0.5) is 39.8 Å². The second-order valence-corrected chi connectivity index (χ2v) is 40.1. The highest BCUT2D eigenvalue weighted by Gasteiger charge is 2.32. The SMILES string of the molecule is N[C@@H]1CCCCCc2nc(ncc2C(=O)CC2CCN(CC3CC3)CC2)NCCCCCCNC1=O.N[C@@H]1CCCNc2nc(ncc2C(=O)NC2CCN(Cc3ccccc3)CC2)NCCCCCCNC1=O.N[C@@H]1CCCNc2nc(ncc2C(=O)NCc2ccc(F)cc2)NCCCCCCNC1=O.N[C@H]1CCCCCc2nc(ncc2C(=O)CC2CCN(Cc3ccccc3)CC2)NC/C=C\C=C/CNC1=O. The molecule has 11 heterocycles. The summed E-state index contributed by atoms with van der Waals surface area (Å²) in [6.45, 7) is 15.9. The molecule has 7 aliphatic heterocycles. The summed E-state index contributed by atoms with van der Waals surface area (Å²) in [4.78, 5) is 145. The number of hydrogen-bond donors (Lipinski definition) is 16. The number of anilines is 6. The van der Waals surface area contributed by atoms with Crippen LogP contribution in [0.3, 0.4) is 0 Å². The fourth-order valence-corrected chi connectivity index (χ4v) is 19.0. The Morgan fingerprint density at radius 1 is 0.342 bits per heavy atom. The lowest BCUT2D eigenvalue weighted by molar-refractivity contribution is -0.123. The van der Waals surface area contributed by atoms with Gasteiger partial charge in [-0.15, -0.1) is 0 Å². The molecule has 3 aromatic carbocycles. The molecule has 792 valence electrons. The molecule has 7 aromatic rings. The van der Waals surface area contributed by atoms with Crippen molar-refractivity contribution in [2.24, 2.45) is 40.7 Å². The first kappa shape index (κ1) is 113. The summed E-state index contributed by atoms with van der Waals surface area (Å²) in [6, 6.07) is 25.1. The number of ketones is 2. The van der Waals surface area contributed by atoms with E-state index in [0.717, 1.165) is 249 Å². The number of Topliss-reactive ketones (excluding diaryl/α,β-unsaturated/α-hetero) is 2. The molecule has 0 radical (unpaired) electrons. The van der Waals surface area contributed by atoms with Crippen LogP contribution in [-0.2, 0) is 51.7 Å². The Hall–Kier alpha value is -11.9. The predicted molar refractivity (Wildman–Crippen MR) is 574 cm³/mol. The lowest BCUT2D eigenvalue weighted by Gasteiger charge is -2.32. The average molecular weight is 2010 g/mol. The summed E-state index contributed by atoms with van der Waals surface area (Å²) < 4.78 is 13.1. The minimum absolute atomic E-state index is 0.0375. The molecule has 0 unspecified atom stereocenters. The molecule has 35 nitrogen and oxygen atoms in total. The van der Waals surface area contributed by atoms with E-state index < -0.39 is 24.2 Å². The molecule has 20 N–H and O–H groups in total. The second-order valence-electron chi connectivity index (χ2n) is 40.1. The number of nitrogens with zero attached hydrogens (tertiary/aromatic N) is 11. The molecular weight excluding hydrogens is 1850 g/mol. The summed E-state index contributed by atoms with van der Waals surface area (Å²) in [6.07, 6.45) is 46.9. The maximum atomic E-state index is 13.4. The average Bonchev–Trinajstić information content (AvgIpc) is 1.74. The molecule has 4 aromatic heterocycles. The van der Waals surface area contributed by atoms with Crippen molar-refractivity contribution >= 4 is 82.4 Å². The Bertz CT molecular complexity index is 5190. The van der Waals surface area contributed by atoms with Crippen LogP contribution in [0.2, 0.25) is 0 Å². The van der Waals surface area contributed by atoms with Crippen molar-refractivity contribution in [1.29, 1.82) is 0 Å². The third-order valence-corrected chi connectivity index (χ3v) is 28.2. The highest BCUT2D eigenvalue weighted by atomic mass is 19.1. The second kappa shape index (κ2) is 63.6. The fraction of sp³-hybridized carbons (Fsp3) is 0.582. The topological polar surface area (TPSA) is 498 Å².